The summed E-state index contributed by atoms with van der Waals surface area (Å²) in [5.41, 5.74) is 5.70. The van der Waals surface area contributed by atoms with Crippen LogP contribution >= 0.6 is 36.2 Å². The lowest BCUT2D eigenvalue weighted by atomic mass is 10.4. The normalized spacial score (nSPS) is 8.43. The van der Waals surface area contributed by atoms with E-state index in [4.69, 9.17) is 5.73 Å². The van der Waals surface area contributed by atoms with Crippen LogP contribution in [0.1, 0.15) is 15.5 Å². The van der Waals surface area contributed by atoms with E-state index in [1.54, 1.807) is 5.38 Å². The van der Waals surface area contributed by atoms with Gasteiger partial charge in [-0.05, 0) is 6.54 Å². The number of esters is 1. The van der Waals surface area contributed by atoms with Crippen molar-refractivity contribution in [3.63, 3.8) is 0 Å². The summed E-state index contributed by atoms with van der Waals surface area (Å²) in [4.78, 5) is 15.0. The smallest absolute Gasteiger partial charge is 0.357 e. The van der Waals surface area contributed by atoms with E-state index < -0.39 is 5.97 Å². The molecular weight excluding hydrogens is 247 g/mol. The molecular formula is C7H12Cl2N2O2S. The molecule has 0 fully saturated rings. The minimum atomic E-state index is -0.394. The minimum Gasteiger partial charge on any atom is -0.464 e. The van der Waals surface area contributed by atoms with Crippen molar-refractivity contribution >= 4 is 42.1 Å². The Kier molecular flexibility index (Phi) is 9.18. The molecule has 0 spiro atoms. The number of nitrogens with two attached hydrogens (primary N) is 1. The number of carbonyl (C=O) groups excluding carboxylic acids is 1. The second-order valence-electron chi connectivity index (χ2n) is 2.16. The first kappa shape index (κ1) is 16.1. The van der Waals surface area contributed by atoms with E-state index in [1.807, 2.05) is 0 Å². The fourth-order valence-corrected chi connectivity index (χ4v) is 1.53. The average molecular weight is 259 g/mol. The van der Waals surface area contributed by atoms with Gasteiger partial charge in [0.1, 0.15) is 0 Å². The van der Waals surface area contributed by atoms with E-state index in [2.05, 4.69) is 9.72 Å². The van der Waals surface area contributed by atoms with Gasteiger partial charge >= 0.3 is 5.97 Å². The highest BCUT2D eigenvalue weighted by Crippen LogP contribution is 2.10. The SMILES string of the molecule is COC(=O)c1csc(CCN)n1.Cl.Cl. The summed E-state index contributed by atoms with van der Waals surface area (Å²) < 4.78 is 4.50. The molecule has 0 aliphatic heterocycles. The van der Waals surface area contributed by atoms with Crippen LogP contribution in [0.4, 0.5) is 0 Å². The highest BCUT2D eigenvalue weighted by molar-refractivity contribution is 7.09. The maximum atomic E-state index is 10.9. The Morgan fingerprint density at radius 1 is 1.64 bits per heavy atom. The van der Waals surface area contributed by atoms with Crippen molar-refractivity contribution in [1.82, 2.24) is 4.98 Å². The summed E-state index contributed by atoms with van der Waals surface area (Å²) in [5.74, 6) is -0.394. The molecule has 4 nitrogen and oxygen atoms in total. The maximum Gasteiger partial charge on any atom is 0.357 e. The number of aromatic nitrogens is 1. The molecule has 0 aliphatic rings. The number of hydrogen-bond acceptors (Lipinski definition) is 5. The topological polar surface area (TPSA) is 65.2 Å². The molecule has 1 heterocycles. The van der Waals surface area contributed by atoms with Crippen LogP contribution in [0.3, 0.4) is 0 Å². The Morgan fingerprint density at radius 3 is 2.79 bits per heavy atom. The second kappa shape index (κ2) is 7.99. The Hall–Kier alpha value is -0.360. The van der Waals surface area contributed by atoms with E-state index in [0.717, 1.165) is 5.01 Å². The molecule has 1 aromatic rings. The molecule has 1 rings (SSSR count). The third-order valence-electron chi connectivity index (χ3n) is 1.30. The first-order chi connectivity index (χ1) is 5.77. The summed E-state index contributed by atoms with van der Waals surface area (Å²) in [6.07, 6.45) is 0.710. The zero-order valence-corrected chi connectivity index (χ0v) is 10.0. The molecule has 0 aromatic carbocycles. The minimum absolute atomic E-state index is 0. The van der Waals surface area contributed by atoms with Crippen LogP contribution in [0.5, 0.6) is 0 Å². The molecule has 2 N–H and O–H groups in total. The second-order valence-corrected chi connectivity index (χ2v) is 3.10. The van der Waals surface area contributed by atoms with Crippen LogP contribution in [-0.2, 0) is 11.2 Å². The quantitative estimate of drug-likeness (QED) is 0.830. The fraction of sp³-hybridized carbons (Fsp3) is 0.429. The lowest BCUT2D eigenvalue weighted by molar-refractivity contribution is 0.0594. The van der Waals surface area contributed by atoms with Crippen molar-refractivity contribution in [1.29, 1.82) is 0 Å². The van der Waals surface area contributed by atoms with Gasteiger partial charge < -0.3 is 10.5 Å². The molecule has 0 atom stereocenters. The van der Waals surface area contributed by atoms with Gasteiger partial charge in [-0.25, -0.2) is 9.78 Å². The maximum absolute atomic E-state index is 10.9. The van der Waals surface area contributed by atoms with E-state index in [1.165, 1.54) is 18.4 Å². The molecule has 0 bridgehead atoms. The molecule has 0 amide bonds. The van der Waals surface area contributed by atoms with Crippen LogP contribution in [0.25, 0.3) is 0 Å². The van der Waals surface area contributed by atoms with Crippen molar-refractivity contribution in [2.75, 3.05) is 13.7 Å². The molecule has 0 aliphatic carbocycles. The third kappa shape index (κ3) is 4.23. The molecule has 0 saturated heterocycles. The highest BCUT2D eigenvalue weighted by atomic mass is 35.5. The van der Waals surface area contributed by atoms with Gasteiger partial charge in [0.15, 0.2) is 5.69 Å². The zero-order chi connectivity index (χ0) is 8.97. The summed E-state index contributed by atoms with van der Waals surface area (Å²) in [7, 11) is 1.34. The van der Waals surface area contributed by atoms with Gasteiger partial charge in [0.2, 0.25) is 0 Å². The van der Waals surface area contributed by atoms with Crippen LogP contribution in [-0.4, -0.2) is 24.6 Å². The van der Waals surface area contributed by atoms with Crippen LogP contribution in [0.2, 0.25) is 0 Å². The molecule has 0 saturated carbocycles. The molecule has 82 valence electrons. The molecule has 0 radical (unpaired) electrons. The lowest BCUT2D eigenvalue weighted by Gasteiger charge is -1.91. The molecule has 14 heavy (non-hydrogen) atoms. The van der Waals surface area contributed by atoms with Crippen LogP contribution < -0.4 is 5.73 Å². The van der Waals surface area contributed by atoms with E-state index in [0.29, 0.717) is 18.7 Å². The van der Waals surface area contributed by atoms with Crippen molar-refractivity contribution in [2.45, 2.75) is 6.42 Å². The van der Waals surface area contributed by atoms with Gasteiger partial charge in [-0.2, -0.15) is 0 Å². The summed E-state index contributed by atoms with van der Waals surface area (Å²) >= 11 is 1.43. The van der Waals surface area contributed by atoms with E-state index >= 15 is 0 Å². The number of thiazole rings is 1. The number of carbonyl (C=O) groups is 1. The average Bonchev–Trinajstić information content (AvgIpc) is 2.52. The number of halogens is 2. The number of nitrogens with zero attached hydrogens (tertiary/aromatic N) is 1. The largest absolute Gasteiger partial charge is 0.464 e. The van der Waals surface area contributed by atoms with E-state index in [-0.39, 0.29) is 24.8 Å². The molecule has 1 aromatic heterocycles. The molecule has 0 unspecified atom stereocenters. The summed E-state index contributed by atoms with van der Waals surface area (Å²) in [5, 5.41) is 2.55. The first-order valence-electron chi connectivity index (χ1n) is 3.50. The first-order valence-corrected chi connectivity index (χ1v) is 4.38. The third-order valence-corrected chi connectivity index (χ3v) is 2.21. The van der Waals surface area contributed by atoms with Gasteiger partial charge in [0, 0.05) is 11.8 Å². The number of hydrogen-bond donors (Lipinski definition) is 1. The summed E-state index contributed by atoms with van der Waals surface area (Å²) in [6, 6.07) is 0. The number of ether oxygens (including phenoxy) is 1. The molecule has 7 heteroatoms. The predicted octanol–water partition coefficient (Wildman–Crippen LogP) is 1.27. The Labute approximate surface area is 98.7 Å². The monoisotopic (exact) mass is 258 g/mol. The number of methoxy groups -OCH3 is 1. The van der Waals surface area contributed by atoms with Crippen molar-refractivity contribution < 1.29 is 9.53 Å². The lowest BCUT2D eigenvalue weighted by Crippen LogP contribution is -2.04. The van der Waals surface area contributed by atoms with Gasteiger partial charge in [-0.3, -0.25) is 0 Å². The summed E-state index contributed by atoms with van der Waals surface area (Å²) in [6.45, 7) is 0.550. The van der Waals surface area contributed by atoms with Crippen molar-refractivity contribution in [3.8, 4) is 0 Å². The van der Waals surface area contributed by atoms with Crippen molar-refractivity contribution in [3.05, 3.63) is 16.1 Å². The standard InChI is InChI=1S/C7H10N2O2S.2ClH/c1-11-7(10)5-4-12-6(9-5)2-3-8;;/h4H,2-3,8H2,1H3;2*1H. The van der Waals surface area contributed by atoms with Gasteiger partial charge in [-0.1, -0.05) is 0 Å². The number of rotatable bonds is 3. The van der Waals surface area contributed by atoms with Crippen LogP contribution in [0, 0.1) is 0 Å². The predicted molar refractivity (Wildman–Crippen MR) is 60.7 cm³/mol. The van der Waals surface area contributed by atoms with Gasteiger partial charge in [-0.15, -0.1) is 36.2 Å². The zero-order valence-electron chi connectivity index (χ0n) is 7.56. The van der Waals surface area contributed by atoms with Gasteiger partial charge in [0.25, 0.3) is 0 Å². The van der Waals surface area contributed by atoms with Crippen molar-refractivity contribution in [2.24, 2.45) is 5.73 Å². The van der Waals surface area contributed by atoms with Gasteiger partial charge in [0.05, 0.1) is 12.1 Å². The highest BCUT2D eigenvalue weighted by Gasteiger charge is 2.09. The van der Waals surface area contributed by atoms with Crippen LogP contribution in [0.15, 0.2) is 5.38 Å². The fourth-order valence-electron chi connectivity index (χ4n) is 0.748. The Balaban J connectivity index is 0. The Morgan fingerprint density at radius 2 is 2.29 bits per heavy atom. The van der Waals surface area contributed by atoms with E-state index in [9.17, 15) is 4.79 Å². The Bertz CT molecular complexity index is 280.